The summed E-state index contributed by atoms with van der Waals surface area (Å²) in [4.78, 5) is 2.63. The molecule has 0 unspecified atom stereocenters. The molecule has 0 aliphatic heterocycles. The van der Waals surface area contributed by atoms with Gasteiger partial charge in [-0.25, -0.2) is 0 Å². The molecule has 0 aromatic heterocycles. The van der Waals surface area contributed by atoms with Gasteiger partial charge in [0.05, 0.1) is 0 Å². The van der Waals surface area contributed by atoms with Gasteiger partial charge in [-0.05, 0) is 50.4 Å². The van der Waals surface area contributed by atoms with E-state index in [9.17, 15) is 0 Å². The van der Waals surface area contributed by atoms with Crippen molar-refractivity contribution in [2.75, 3.05) is 13.1 Å². The van der Waals surface area contributed by atoms with E-state index in [0.29, 0.717) is 0 Å². The van der Waals surface area contributed by atoms with Crippen molar-refractivity contribution >= 4 is 11.6 Å². The maximum absolute atomic E-state index is 6.37. The first kappa shape index (κ1) is 12.9. The van der Waals surface area contributed by atoms with Crippen LogP contribution in [0.25, 0.3) is 0 Å². The van der Waals surface area contributed by atoms with Gasteiger partial charge in [-0.2, -0.15) is 0 Å². The lowest BCUT2D eigenvalue weighted by atomic mass is 10.0. The third kappa shape index (κ3) is 2.51. The molecule has 2 rings (SSSR count). The van der Waals surface area contributed by atoms with Gasteiger partial charge in [-0.1, -0.05) is 43.6 Å². The summed E-state index contributed by atoms with van der Waals surface area (Å²) < 4.78 is 0. The zero-order valence-electron chi connectivity index (χ0n) is 10.9. The first-order chi connectivity index (χ1) is 8.24. The minimum atomic E-state index is 0.254. The van der Waals surface area contributed by atoms with E-state index in [1.54, 1.807) is 0 Å². The van der Waals surface area contributed by atoms with Crippen molar-refractivity contribution in [3.63, 3.8) is 0 Å². The van der Waals surface area contributed by atoms with Crippen molar-refractivity contribution < 1.29 is 0 Å². The molecule has 2 heteroatoms. The predicted octanol–water partition coefficient (Wildman–Crippen LogP) is 4.45. The van der Waals surface area contributed by atoms with Crippen molar-refractivity contribution in [2.45, 2.75) is 45.1 Å². The average molecular weight is 252 g/mol. The van der Waals surface area contributed by atoms with E-state index in [1.807, 2.05) is 12.1 Å². The molecule has 0 N–H and O–H groups in total. The molecular formula is C15H22ClN. The van der Waals surface area contributed by atoms with Crippen LogP contribution in [0.4, 0.5) is 0 Å². The van der Waals surface area contributed by atoms with Crippen LogP contribution in [0.3, 0.4) is 0 Å². The van der Waals surface area contributed by atoms with E-state index in [0.717, 1.165) is 5.02 Å². The van der Waals surface area contributed by atoms with Crippen molar-refractivity contribution in [1.29, 1.82) is 0 Å². The molecule has 1 aromatic carbocycles. The van der Waals surface area contributed by atoms with Crippen LogP contribution in [0, 0.1) is 0 Å². The average Bonchev–Trinajstić information content (AvgIpc) is 3.11. The monoisotopic (exact) mass is 251 g/mol. The Balaban J connectivity index is 2.25. The zero-order chi connectivity index (χ0) is 12.3. The van der Waals surface area contributed by atoms with Crippen LogP contribution in [0.2, 0.25) is 5.02 Å². The van der Waals surface area contributed by atoms with Crippen molar-refractivity contribution in [3.05, 3.63) is 34.9 Å². The molecule has 0 amide bonds. The molecule has 0 atom stereocenters. The van der Waals surface area contributed by atoms with Gasteiger partial charge in [0.25, 0.3) is 0 Å². The van der Waals surface area contributed by atoms with Crippen LogP contribution in [0.1, 0.15) is 45.1 Å². The Labute approximate surface area is 110 Å². The Bertz CT molecular complexity index is 365. The fourth-order valence-corrected chi connectivity index (χ4v) is 3.10. The summed E-state index contributed by atoms with van der Waals surface area (Å²) in [7, 11) is 0. The molecule has 0 radical (unpaired) electrons. The summed E-state index contributed by atoms with van der Waals surface area (Å²) in [5, 5.41) is 0.933. The van der Waals surface area contributed by atoms with Gasteiger partial charge in [0.15, 0.2) is 0 Å². The molecule has 0 saturated heterocycles. The Hall–Kier alpha value is -0.530. The Kier molecular flexibility index (Phi) is 4.11. The minimum absolute atomic E-state index is 0.254. The van der Waals surface area contributed by atoms with E-state index in [1.165, 1.54) is 44.3 Å². The normalized spacial score (nSPS) is 17.4. The molecular weight excluding hydrogens is 230 g/mol. The largest absolute Gasteiger partial charge is 0.294 e. The van der Waals surface area contributed by atoms with Crippen LogP contribution in [-0.2, 0) is 5.54 Å². The number of rotatable bonds is 6. The Morgan fingerprint density at radius 2 is 1.71 bits per heavy atom. The Morgan fingerprint density at radius 1 is 1.12 bits per heavy atom. The van der Waals surface area contributed by atoms with Crippen LogP contribution in [0.5, 0.6) is 0 Å². The van der Waals surface area contributed by atoms with Gasteiger partial charge in [0, 0.05) is 10.6 Å². The standard InChI is InChI=1S/C15H22ClN/c1-3-11-17(12-4-2)15(9-10-15)13-7-5-6-8-14(13)16/h5-8H,3-4,9-12H2,1-2H3. The summed E-state index contributed by atoms with van der Waals surface area (Å²) in [5.74, 6) is 0. The van der Waals surface area contributed by atoms with Gasteiger partial charge in [-0.3, -0.25) is 4.90 Å². The van der Waals surface area contributed by atoms with Gasteiger partial charge < -0.3 is 0 Å². The second-order valence-corrected chi connectivity index (χ2v) is 5.41. The maximum atomic E-state index is 6.37. The molecule has 94 valence electrons. The highest BCUT2D eigenvalue weighted by Gasteiger charge is 2.49. The van der Waals surface area contributed by atoms with Crippen molar-refractivity contribution in [3.8, 4) is 0 Å². The van der Waals surface area contributed by atoms with Gasteiger partial charge in [0.1, 0.15) is 0 Å². The number of benzene rings is 1. The number of halogens is 1. The second kappa shape index (κ2) is 5.41. The van der Waals surface area contributed by atoms with Gasteiger partial charge in [0.2, 0.25) is 0 Å². The number of hydrogen-bond acceptors (Lipinski definition) is 1. The minimum Gasteiger partial charge on any atom is -0.294 e. The lowest BCUT2D eigenvalue weighted by Crippen LogP contribution is -2.36. The molecule has 1 aliphatic rings. The predicted molar refractivity (Wildman–Crippen MR) is 74.5 cm³/mol. The van der Waals surface area contributed by atoms with E-state index in [4.69, 9.17) is 11.6 Å². The molecule has 0 heterocycles. The van der Waals surface area contributed by atoms with E-state index < -0.39 is 0 Å². The molecule has 17 heavy (non-hydrogen) atoms. The first-order valence-electron chi connectivity index (χ1n) is 6.74. The van der Waals surface area contributed by atoms with Crippen molar-refractivity contribution in [1.82, 2.24) is 4.90 Å². The van der Waals surface area contributed by atoms with Crippen LogP contribution in [0.15, 0.2) is 24.3 Å². The molecule has 1 saturated carbocycles. The van der Waals surface area contributed by atoms with E-state index in [2.05, 4.69) is 30.9 Å². The highest BCUT2D eigenvalue weighted by Crippen LogP contribution is 2.53. The quantitative estimate of drug-likeness (QED) is 0.722. The van der Waals surface area contributed by atoms with Crippen LogP contribution >= 0.6 is 11.6 Å². The fourth-order valence-electron chi connectivity index (χ4n) is 2.79. The smallest absolute Gasteiger partial charge is 0.0477 e. The van der Waals surface area contributed by atoms with E-state index >= 15 is 0 Å². The zero-order valence-corrected chi connectivity index (χ0v) is 11.6. The fraction of sp³-hybridized carbons (Fsp3) is 0.600. The third-order valence-corrected chi connectivity index (χ3v) is 4.02. The SMILES string of the molecule is CCCN(CCC)C1(c2ccccc2Cl)CC1. The summed E-state index contributed by atoms with van der Waals surface area (Å²) in [5.41, 5.74) is 1.59. The molecule has 1 aliphatic carbocycles. The number of nitrogens with zero attached hydrogens (tertiary/aromatic N) is 1. The maximum Gasteiger partial charge on any atom is 0.0477 e. The first-order valence-corrected chi connectivity index (χ1v) is 7.12. The Morgan fingerprint density at radius 3 is 2.18 bits per heavy atom. The highest BCUT2D eigenvalue weighted by atomic mass is 35.5. The van der Waals surface area contributed by atoms with Crippen LogP contribution in [-0.4, -0.2) is 18.0 Å². The molecule has 0 bridgehead atoms. The van der Waals surface area contributed by atoms with Gasteiger partial charge >= 0.3 is 0 Å². The summed E-state index contributed by atoms with van der Waals surface area (Å²) >= 11 is 6.37. The molecule has 1 nitrogen and oxygen atoms in total. The van der Waals surface area contributed by atoms with Crippen molar-refractivity contribution in [2.24, 2.45) is 0 Å². The lowest BCUT2D eigenvalue weighted by molar-refractivity contribution is 0.177. The highest BCUT2D eigenvalue weighted by molar-refractivity contribution is 6.31. The van der Waals surface area contributed by atoms with Gasteiger partial charge in [-0.15, -0.1) is 0 Å². The second-order valence-electron chi connectivity index (χ2n) is 5.00. The number of hydrogen-bond donors (Lipinski definition) is 0. The molecule has 0 spiro atoms. The van der Waals surface area contributed by atoms with E-state index in [-0.39, 0.29) is 5.54 Å². The summed E-state index contributed by atoms with van der Waals surface area (Å²) in [6.07, 6.45) is 4.95. The topological polar surface area (TPSA) is 3.24 Å². The third-order valence-electron chi connectivity index (χ3n) is 3.69. The molecule has 1 fully saturated rings. The molecule has 1 aromatic rings. The summed E-state index contributed by atoms with van der Waals surface area (Å²) in [6, 6.07) is 8.35. The van der Waals surface area contributed by atoms with Crippen LogP contribution < -0.4 is 0 Å². The lowest BCUT2D eigenvalue weighted by Gasteiger charge is -2.32. The summed E-state index contributed by atoms with van der Waals surface area (Å²) in [6.45, 7) is 6.87.